The van der Waals surface area contributed by atoms with E-state index in [4.69, 9.17) is 5.10 Å². The lowest BCUT2D eigenvalue weighted by Gasteiger charge is -2.32. The van der Waals surface area contributed by atoms with Gasteiger partial charge in [-0.25, -0.2) is 9.48 Å². The number of hydrogen-bond acceptors (Lipinski definition) is 3. The van der Waals surface area contributed by atoms with Crippen LogP contribution in [-0.2, 0) is 12.8 Å². The molecule has 3 amide bonds. The molecule has 1 fully saturated rings. The lowest BCUT2D eigenvalue weighted by molar-refractivity contribution is 0.0701. The van der Waals surface area contributed by atoms with Crippen LogP contribution in [0.3, 0.4) is 0 Å². The fraction of sp³-hybridized carbons (Fsp3) is 0.320. The van der Waals surface area contributed by atoms with Crippen molar-refractivity contribution in [2.24, 2.45) is 0 Å². The lowest BCUT2D eigenvalue weighted by atomic mass is 10.0. The summed E-state index contributed by atoms with van der Waals surface area (Å²) in [5, 5.41) is 10.6. The SMILES string of the molecule is O=C(Nc1ccccc1)NC1CCN(C(=O)c2nn(-c3ccccc3)c3c2CCC3)CC1. The van der Waals surface area contributed by atoms with Crippen molar-refractivity contribution in [1.29, 1.82) is 0 Å². The lowest BCUT2D eigenvalue weighted by Crippen LogP contribution is -2.47. The van der Waals surface area contributed by atoms with Crippen LogP contribution in [0.15, 0.2) is 60.7 Å². The van der Waals surface area contributed by atoms with Gasteiger partial charge in [-0.15, -0.1) is 0 Å². The fourth-order valence-electron chi connectivity index (χ4n) is 4.64. The van der Waals surface area contributed by atoms with E-state index in [1.807, 2.05) is 70.2 Å². The number of nitrogens with one attached hydrogen (secondary N) is 2. The van der Waals surface area contributed by atoms with Crippen LogP contribution >= 0.6 is 0 Å². The van der Waals surface area contributed by atoms with Gasteiger partial charge >= 0.3 is 6.03 Å². The van der Waals surface area contributed by atoms with Crippen molar-refractivity contribution in [3.05, 3.63) is 77.6 Å². The molecule has 2 aromatic carbocycles. The van der Waals surface area contributed by atoms with E-state index in [9.17, 15) is 9.59 Å². The highest BCUT2D eigenvalue weighted by Crippen LogP contribution is 2.29. The van der Waals surface area contributed by atoms with E-state index in [1.54, 1.807) is 0 Å². The summed E-state index contributed by atoms with van der Waals surface area (Å²) in [7, 11) is 0. The maximum atomic E-state index is 13.3. The predicted molar refractivity (Wildman–Crippen MR) is 123 cm³/mol. The monoisotopic (exact) mass is 429 g/mol. The topological polar surface area (TPSA) is 79.3 Å². The second kappa shape index (κ2) is 8.86. The van der Waals surface area contributed by atoms with Gasteiger partial charge in [0.1, 0.15) is 0 Å². The quantitative estimate of drug-likeness (QED) is 0.662. The summed E-state index contributed by atoms with van der Waals surface area (Å²) in [6, 6.07) is 19.3. The summed E-state index contributed by atoms with van der Waals surface area (Å²) in [5.41, 5.74) is 4.61. The first-order valence-electron chi connectivity index (χ1n) is 11.3. The summed E-state index contributed by atoms with van der Waals surface area (Å²) in [6.45, 7) is 1.23. The van der Waals surface area contributed by atoms with E-state index in [0.717, 1.165) is 54.7 Å². The van der Waals surface area contributed by atoms with Crippen molar-refractivity contribution in [3.8, 4) is 5.69 Å². The third-order valence-corrected chi connectivity index (χ3v) is 6.28. The molecule has 0 unspecified atom stereocenters. The van der Waals surface area contributed by atoms with E-state index in [0.29, 0.717) is 18.8 Å². The zero-order valence-corrected chi connectivity index (χ0v) is 18.0. The number of aromatic nitrogens is 2. The number of rotatable bonds is 4. The van der Waals surface area contributed by atoms with Gasteiger partial charge in [-0.1, -0.05) is 36.4 Å². The number of fused-ring (bicyclic) bond motifs is 1. The Bertz CT molecular complexity index is 1100. The molecule has 7 nitrogen and oxygen atoms in total. The van der Waals surface area contributed by atoms with Crippen LogP contribution in [0.4, 0.5) is 10.5 Å². The molecule has 1 aliphatic heterocycles. The molecule has 1 aliphatic carbocycles. The highest BCUT2D eigenvalue weighted by atomic mass is 16.2. The van der Waals surface area contributed by atoms with Gasteiger partial charge in [0, 0.05) is 36.1 Å². The minimum Gasteiger partial charge on any atom is -0.337 e. The van der Waals surface area contributed by atoms with Crippen molar-refractivity contribution in [2.75, 3.05) is 18.4 Å². The number of carbonyl (C=O) groups excluding carboxylic acids is 2. The molecule has 0 radical (unpaired) electrons. The summed E-state index contributed by atoms with van der Waals surface area (Å²) < 4.78 is 1.94. The molecule has 32 heavy (non-hydrogen) atoms. The largest absolute Gasteiger partial charge is 0.337 e. The first kappa shape index (κ1) is 20.3. The third kappa shape index (κ3) is 4.10. The van der Waals surface area contributed by atoms with E-state index in [2.05, 4.69) is 10.6 Å². The van der Waals surface area contributed by atoms with E-state index in [-0.39, 0.29) is 18.0 Å². The number of para-hydroxylation sites is 2. The Morgan fingerprint density at radius 1 is 0.906 bits per heavy atom. The van der Waals surface area contributed by atoms with Crippen molar-refractivity contribution in [2.45, 2.75) is 38.1 Å². The maximum absolute atomic E-state index is 13.3. The Morgan fingerprint density at radius 2 is 1.59 bits per heavy atom. The molecule has 164 valence electrons. The van der Waals surface area contributed by atoms with Gasteiger partial charge in [0.25, 0.3) is 5.91 Å². The summed E-state index contributed by atoms with van der Waals surface area (Å²) >= 11 is 0. The zero-order chi connectivity index (χ0) is 21.9. The molecule has 2 N–H and O–H groups in total. The van der Waals surface area contributed by atoms with Crippen molar-refractivity contribution >= 4 is 17.6 Å². The number of carbonyl (C=O) groups is 2. The molecule has 0 bridgehead atoms. The molecule has 3 aromatic rings. The average Bonchev–Trinajstić information content (AvgIpc) is 3.43. The van der Waals surface area contributed by atoms with E-state index >= 15 is 0 Å². The van der Waals surface area contributed by atoms with Crippen molar-refractivity contribution in [1.82, 2.24) is 20.0 Å². The number of hydrogen-bond donors (Lipinski definition) is 2. The summed E-state index contributed by atoms with van der Waals surface area (Å²) in [6.07, 6.45) is 4.38. The molecule has 0 saturated carbocycles. The second-order valence-corrected chi connectivity index (χ2v) is 8.41. The first-order chi connectivity index (χ1) is 15.7. The molecule has 0 atom stereocenters. The van der Waals surface area contributed by atoms with Crippen LogP contribution < -0.4 is 10.6 Å². The molecule has 7 heteroatoms. The summed E-state index contributed by atoms with van der Waals surface area (Å²) in [4.78, 5) is 27.5. The first-order valence-corrected chi connectivity index (χ1v) is 11.3. The number of benzene rings is 2. The van der Waals surface area contributed by atoms with Crippen LogP contribution in [-0.4, -0.2) is 45.8 Å². The molecule has 0 spiro atoms. The average molecular weight is 430 g/mol. The number of likely N-dealkylation sites (tertiary alicyclic amines) is 1. The van der Waals surface area contributed by atoms with Gasteiger partial charge in [-0.3, -0.25) is 4.79 Å². The zero-order valence-electron chi connectivity index (χ0n) is 18.0. The Labute approximate surface area is 187 Å². The van der Waals surface area contributed by atoms with Gasteiger partial charge in [0.15, 0.2) is 5.69 Å². The molecule has 1 saturated heterocycles. The highest BCUT2D eigenvalue weighted by molar-refractivity contribution is 5.94. The molecule has 1 aromatic heterocycles. The standard InChI is InChI=1S/C25H27N5O2/c31-24(23-21-12-7-13-22(21)30(28-23)20-10-5-2-6-11-20)29-16-14-19(15-17-29)27-25(32)26-18-8-3-1-4-9-18/h1-6,8-11,19H,7,12-17H2,(H2,26,27,32). The Morgan fingerprint density at radius 3 is 2.31 bits per heavy atom. The van der Waals surface area contributed by atoms with Gasteiger partial charge < -0.3 is 15.5 Å². The number of anilines is 1. The van der Waals surface area contributed by atoms with Crippen LogP contribution in [0.5, 0.6) is 0 Å². The van der Waals surface area contributed by atoms with Crippen LogP contribution in [0, 0.1) is 0 Å². The van der Waals surface area contributed by atoms with E-state index in [1.165, 1.54) is 0 Å². The molecular weight excluding hydrogens is 402 g/mol. The highest BCUT2D eigenvalue weighted by Gasteiger charge is 2.31. The molecule has 2 aliphatic rings. The minimum atomic E-state index is -0.208. The number of nitrogens with zero attached hydrogens (tertiary/aromatic N) is 3. The normalized spacial score (nSPS) is 15.9. The maximum Gasteiger partial charge on any atom is 0.319 e. The number of amides is 3. The minimum absolute atomic E-state index is 0.00465. The molecule has 5 rings (SSSR count). The van der Waals surface area contributed by atoms with Gasteiger partial charge in [-0.2, -0.15) is 5.10 Å². The Kier molecular flexibility index (Phi) is 5.62. The summed E-state index contributed by atoms with van der Waals surface area (Å²) in [5.74, 6) is 0.00465. The van der Waals surface area contributed by atoms with Crippen molar-refractivity contribution in [3.63, 3.8) is 0 Å². The smallest absolute Gasteiger partial charge is 0.319 e. The van der Waals surface area contributed by atoms with Crippen molar-refractivity contribution < 1.29 is 9.59 Å². The van der Waals surface area contributed by atoms with Gasteiger partial charge in [0.05, 0.1) is 5.69 Å². The molecule has 2 heterocycles. The second-order valence-electron chi connectivity index (χ2n) is 8.41. The molecular formula is C25H27N5O2. The van der Waals surface area contributed by atoms with Crippen LogP contribution in [0.25, 0.3) is 5.69 Å². The van der Waals surface area contributed by atoms with Crippen LogP contribution in [0.2, 0.25) is 0 Å². The van der Waals surface area contributed by atoms with Crippen LogP contribution in [0.1, 0.15) is 41.0 Å². The van der Waals surface area contributed by atoms with E-state index < -0.39 is 0 Å². The number of piperidine rings is 1. The predicted octanol–water partition coefficient (Wildman–Crippen LogP) is 3.79. The Hall–Kier alpha value is -3.61. The Balaban J connectivity index is 1.22. The number of urea groups is 1. The van der Waals surface area contributed by atoms with Gasteiger partial charge in [-0.05, 0) is 56.4 Å². The third-order valence-electron chi connectivity index (χ3n) is 6.28. The van der Waals surface area contributed by atoms with Gasteiger partial charge in [0.2, 0.25) is 0 Å². The fourth-order valence-corrected chi connectivity index (χ4v) is 4.64.